The molecule has 0 N–H and O–H groups in total. The third-order valence-electron chi connectivity index (χ3n) is 6.74. The summed E-state index contributed by atoms with van der Waals surface area (Å²) in [4.78, 5) is 17.5. The van der Waals surface area contributed by atoms with Crippen molar-refractivity contribution in [1.29, 1.82) is 0 Å². The summed E-state index contributed by atoms with van der Waals surface area (Å²) in [5.74, 6) is 0.790. The van der Waals surface area contributed by atoms with Crippen LogP contribution in [0.25, 0.3) is 44.6 Å². The van der Waals surface area contributed by atoms with Crippen LogP contribution < -0.4 is 19.8 Å². The van der Waals surface area contributed by atoms with Crippen LogP contribution in [0.15, 0.2) is 112 Å². The van der Waals surface area contributed by atoms with Gasteiger partial charge in [0.2, 0.25) is 0 Å². The summed E-state index contributed by atoms with van der Waals surface area (Å²) in [7, 11) is 3.01. The molecule has 6 aromatic rings. The standard InChI is InChI=1S/C34H23F2NO5/c1-39-29-14-10-22(35)16-25(29)20-8-12-24(13-9-20)41-31-19-32-28(18-27(31)26-17-23(36)11-15-30(26)40-2)37-33(34(38)42-32)21-6-4-3-5-7-21/h3-19H,1-2H3. The molecule has 0 aliphatic heterocycles. The number of methoxy groups -OCH3 is 2. The molecule has 0 radical (unpaired) electrons. The van der Waals surface area contributed by atoms with Gasteiger partial charge in [0.05, 0.1) is 14.2 Å². The summed E-state index contributed by atoms with van der Waals surface area (Å²) in [6.07, 6.45) is 0. The minimum absolute atomic E-state index is 0.150. The Hall–Kier alpha value is -5.50. The van der Waals surface area contributed by atoms with Crippen molar-refractivity contribution in [1.82, 2.24) is 4.98 Å². The molecule has 8 heteroatoms. The molecule has 0 aliphatic rings. The third-order valence-corrected chi connectivity index (χ3v) is 6.74. The van der Waals surface area contributed by atoms with Gasteiger partial charge in [0.25, 0.3) is 0 Å². The number of hydrogen-bond donors (Lipinski definition) is 0. The molecule has 0 fully saturated rings. The van der Waals surface area contributed by atoms with Crippen molar-refractivity contribution in [2.24, 2.45) is 0 Å². The van der Waals surface area contributed by atoms with Crippen LogP contribution in [0, 0.1) is 11.6 Å². The van der Waals surface area contributed by atoms with Crippen LogP contribution in [0.1, 0.15) is 0 Å². The fourth-order valence-corrected chi connectivity index (χ4v) is 4.73. The van der Waals surface area contributed by atoms with E-state index < -0.39 is 11.4 Å². The molecule has 0 saturated carbocycles. The van der Waals surface area contributed by atoms with Crippen LogP contribution in [0.5, 0.6) is 23.0 Å². The van der Waals surface area contributed by atoms with Crippen molar-refractivity contribution < 1.29 is 27.4 Å². The van der Waals surface area contributed by atoms with E-state index in [1.807, 2.05) is 6.07 Å². The van der Waals surface area contributed by atoms with E-state index in [0.29, 0.717) is 50.6 Å². The number of benzene rings is 5. The SMILES string of the molecule is COc1ccc(F)cc1-c1ccc(Oc2cc3oc(=O)c(-c4ccccc4)nc3cc2-c2cc(F)ccc2OC)cc1. The molecule has 0 aliphatic carbocycles. The average Bonchev–Trinajstić information content (AvgIpc) is 3.01. The van der Waals surface area contributed by atoms with Gasteiger partial charge in [-0.25, -0.2) is 18.6 Å². The summed E-state index contributed by atoms with van der Waals surface area (Å²) in [5, 5.41) is 0. The van der Waals surface area contributed by atoms with Crippen molar-refractivity contribution in [2.45, 2.75) is 0 Å². The largest absolute Gasteiger partial charge is 0.496 e. The molecule has 0 saturated heterocycles. The van der Waals surface area contributed by atoms with Crippen molar-refractivity contribution in [3.05, 3.63) is 125 Å². The van der Waals surface area contributed by atoms with Crippen LogP contribution in [0.4, 0.5) is 8.78 Å². The fourth-order valence-electron chi connectivity index (χ4n) is 4.73. The van der Waals surface area contributed by atoms with Crippen LogP contribution in [0.2, 0.25) is 0 Å². The first-order chi connectivity index (χ1) is 20.4. The number of fused-ring (bicyclic) bond motifs is 1. The maximum absolute atomic E-state index is 14.5. The summed E-state index contributed by atoms with van der Waals surface area (Å²) in [5.41, 5.74) is 2.90. The Morgan fingerprint density at radius 2 is 1.26 bits per heavy atom. The van der Waals surface area contributed by atoms with E-state index in [1.54, 1.807) is 66.7 Å². The molecule has 0 amide bonds. The van der Waals surface area contributed by atoms with Gasteiger partial charge in [-0.2, -0.15) is 0 Å². The van der Waals surface area contributed by atoms with E-state index in [-0.39, 0.29) is 22.8 Å². The maximum atomic E-state index is 14.5. The van der Waals surface area contributed by atoms with Crippen molar-refractivity contribution >= 4 is 11.1 Å². The average molecular weight is 564 g/mol. The van der Waals surface area contributed by atoms with Crippen molar-refractivity contribution in [3.8, 4) is 56.5 Å². The van der Waals surface area contributed by atoms with Crippen molar-refractivity contribution in [3.63, 3.8) is 0 Å². The van der Waals surface area contributed by atoms with Gasteiger partial charge < -0.3 is 18.6 Å². The second-order valence-electron chi connectivity index (χ2n) is 9.35. The van der Waals surface area contributed by atoms with Crippen LogP contribution in [0.3, 0.4) is 0 Å². The van der Waals surface area contributed by atoms with Crippen LogP contribution in [-0.2, 0) is 0 Å². The number of nitrogens with zero attached hydrogens (tertiary/aromatic N) is 1. The topological polar surface area (TPSA) is 70.8 Å². The Morgan fingerprint density at radius 3 is 1.93 bits per heavy atom. The number of halogens is 2. The maximum Gasteiger partial charge on any atom is 0.363 e. The smallest absolute Gasteiger partial charge is 0.363 e. The second kappa shape index (κ2) is 11.2. The zero-order valence-corrected chi connectivity index (χ0v) is 22.6. The lowest BCUT2D eigenvalue weighted by Crippen LogP contribution is -2.06. The van der Waals surface area contributed by atoms with E-state index in [9.17, 15) is 13.6 Å². The molecule has 208 valence electrons. The Bertz CT molecular complexity index is 1970. The quantitative estimate of drug-likeness (QED) is 0.195. The molecule has 0 atom stereocenters. The van der Waals surface area contributed by atoms with E-state index >= 15 is 0 Å². The molecule has 42 heavy (non-hydrogen) atoms. The molecule has 0 unspecified atom stereocenters. The van der Waals surface area contributed by atoms with Gasteiger partial charge in [0.15, 0.2) is 11.3 Å². The van der Waals surface area contributed by atoms with Crippen molar-refractivity contribution in [2.75, 3.05) is 14.2 Å². The van der Waals surface area contributed by atoms with Gasteiger partial charge in [0.1, 0.15) is 40.1 Å². The lowest BCUT2D eigenvalue weighted by Gasteiger charge is -2.16. The van der Waals surface area contributed by atoms with Gasteiger partial charge in [-0.3, -0.25) is 0 Å². The predicted molar refractivity (Wildman–Crippen MR) is 156 cm³/mol. The summed E-state index contributed by atoms with van der Waals surface area (Å²) in [6.45, 7) is 0. The van der Waals surface area contributed by atoms with E-state index in [2.05, 4.69) is 4.98 Å². The van der Waals surface area contributed by atoms with Crippen LogP contribution in [-0.4, -0.2) is 19.2 Å². The molecule has 5 aromatic carbocycles. The molecule has 6 rings (SSSR count). The first kappa shape index (κ1) is 26.7. The molecule has 6 nitrogen and oxygen atoms in total. The highest BCUT2D eigenvalue weighted by Crippen LogP contribution is 2.41. The third kappa shape index (κ3) is 5.17. The molecular formula is C34H23F2NO5. The Labute approximate surface area is 239 Å². The molecule has 1 aromatic heterocycles. The monoisotopic (exact) mass is 563 g/mol. The summed E-state index contributed by atoms with van der Waals surface area (Å²) < 4.78 is 51.2. The first-order valence-electron chi connectivity index (χ1n) is 12.9. The highest BCUT2D eigenvalue weighted by Gasteiger charge is 2.19. The van der Waals surface area contributed by atoms with Gasteiger partial charge in [-0.1, -0.05) is 42.5 Å². The second-order valence-corrected chi connectivity index (χ2v) is 9.35. The Kier molecular flexibility index (Phi) is 7.10. The molecule has 1 heterocycles. The zero-order chi connectivity index (χ0) is 29.2. The van der Waals surface area contributed by atoms with E-state index in [1.165, 1.54) is 44.6 Å². The lowest BCUT2D eigenvalue weighted by molar-refractivity contribution is 0.415. The normalized spacial score (nSPS) is 11.0. The van der Waals surface area contributed by atoms with E-state index in [0.717, 1.165) is 0 Å². The van der Waals surface area contributed by atoms with E-state index in [4.69, 9.17) is 18.6 Å². The zero-order valence-electron chi connectivity index (χ0n) is 22.6. The van der Waals surface area contributed by atoms with Gasteiger partial charge in [0, 0.05) is 28.3 Å². The Balaban J connectivity index is 1.47. The highest BCUT2D eigenvalue weighted by atomic mass is 19.1. The lowest BCUT2D eigenvalue weighted by atomic mass is 10.0. The predicted octanol–water partition coefficient (Wildman–Crippen LogP) is 8.28. The number of ether oxygens (including phenoxy) is 3. The summed E-state index contributed by atoms with van der Waals surface area (Å²) in [6, 6.07) is 27.6. The molecular weight excluding hydrogens is 540 g/mol. The number of rotatable bonds is 7. The van der Waals surface area contributed by atoms with Crippen LogP contribution >= 0.6 is 0 Å². The molecule has 0 spiro atoms. The first-order valence-corrected chi connectivity index (χ1v) is 12.9. The number of aromatic nitrogens is 1. The summed E-state index contributed by atoms with van der Waals surface area (Å²) >= 11 is 0. The number of hydrogen-bond acceptors (Lipinski definition) is 6. The van der Waals surface area contributed by atoms with Gasteiger partial charge in [-0.05, 0) is 60.2 Å². The minimum Gasteiger partial charge on any atom is -0.496 e. The minimum atomic E-state index is -0.607. The Morgan fingerprint density at radius 1 is 0.643 bits per heavy atom. The molecule has 0 bridgehead atoms. The van der Waals surface area contributed by atoms with Gasteiger partial charge in [-0.15, -0.1) is 0 Å². The van der Waals surface area contributed by atoms with Gasteiger partial charge >= 0.3 is 5.63 Å². The fraction of sp³-hybridized carbons (Fsp3) is 0.0588. The highest BCUT2D eigenvalue weighted by molar-refractivity contribution is 5.88.